The number of hydrogen-bond donors (Lipinski definition) is 1. The normalized spacial score (nSPS) is 23.0. The van der Waals surface area contributed by atoms with E-state index in [9.17, 15) is 4.79 Å². The molecule has 0 aromatic heterocycles. The molecule has 0 saturated carbocycles. The molecule has 2 heterocycles. The molecular weight excluding hydrogens is 360 g/mol. The number of allylic oxidation sites excluding steroid dienone is 1. The number of nitrogens with two attached hydrogens (primary N) is 1. The molecule has 4 rings (SSSR count). The number of amides is 1. The van der Waals surface area contributed by atoms with Crippen LogP contribution in [-0.4, -0.2) is 29.0 Å². The predicted molar refractivity (Wildman–Crippen MR) is 89.2 cm³/mol. The number of hydrogen-bond acceptors (Lipinski definition) is 4. The van der Waals surface area contributed by atoms with Crippen LogP contribution >= 0.6 is 15.9 Å². The van der Waals surface area contributed by atoms with Gasteiger partial charge >= 0.3 is 0 Å². The number of carbonyl (C=O) groups is 1. The maximum absolute atomic E-state index is 12.8. The zero-order chi connectivity index (χ0) is 16.0. The van der Waals surface area contributed by atoms with Gasteiger partial charge in [-0.05, 0) is 36.1 Å². The molecular formula is C17H17BrN2O3. The fourth-order valence-electron chi connectivity index (χ4n) is 3.28. The van der Waals surface area contributed by atoms with Gasteiger partial charge in [-0.3, -0.25) is 4.79 Å². The first kappa shape index (κ1) is 14.6. The van der Waals surface area contributed by atoms with E-state index in [1.54, 1.807) is 0 Å². The van der Waals surface area contributed by atoms with Crippen LogP contribution in [0.1, 0.15) is 18.4 Å². The van der Waals surface area contributed by atoms with Crippen molar-refractivity contribution in [3.05, 3.63) is 46.7 Å². The van der Waals surface area contributed by atoms with Crippen molar-refractivity contribution in [2.24, 2.45) is 5.73 Å². The first-order valence-electron chi connectivity index (χ1n) is 7.64. The van der Waals surface area contributed by atoms with E-state index in [4.69, 9.17) is 15.2 Å². The van der Waals surface area contributed by atoms with E-state index in [-0.39, 0.29) is 17.5 Å². The number of benzene rings is 1. The van der Waals surface area contributed by atoms with Crippen LogP contribution in [0.25, 0.3) is 0 Å². The molecule has 0 radical (unpaired) electrons. The van der Waals surface area contributed by atoms with Crippen molar-refractivity contribution >= 4 is 21.8 Å². The molecule has 0 fully saturated rings. The van der Waals surface area contributed by atoms with E-state index in [2.05, 4.69) is 15.9 Å². The Balaban J connectivity index is 1.57. The van der Waals surface area contributed by atoms with Gasteiger partial charge in [0.25, 0.3) is 5.91 Å². The molecule has 1 aromatic rings. The molecule has 0 bridgehead atoms. The lowest BCUT2D eigenvalue weighted by Crippen LogP contribution is -2.40. The van der Waals surface area contributed by atoms with Gasteiger partial charge in [0.1, 0.15) is 0 Å². The number of fused-ring (bicyclic) bond motifs is 1. The van der Waals surface area contributed by atoms with E-state index < -0.39 is 0 Å². The molecule has 1 aliphatic carbocycles. The van der Waals surface area contributed by atoms with Gasteiger partial charge in [0.15, 0.2) is 11.5 Å². The number of alkyl halides is 1. The minimum absolute atomic E-state index is 0.0156. The fourth-order valence-corrected chi connectivity index (χ4v) is 3.93. The van der Waals surface area contributed by atoms with Crippen LogP contribution in [0.2, 0.25) is 0 Å². The molecule has 1 aromatic carbocycles. The monoisotopic (exact) mass is 376 g/mol. The van der Waals surface area contributed by atoms with Crippen LogP contribution in [0.5, 0.6) is 11.5 Å². The van der Waals surface area contributed by atoms with Gasteiger partial charge in [-0.25, -0.2) is 0 Å². The summed E-state index contributed by atoms with van der Waals surface area (Å²) in [6.45, 7) is 1.51. The van der Waals surface area contributed by atoms with E-state index in [1.807, 2.05) is 29.2 Å². The third-order valence-corrected chi connectivity index (χ3v) is 5.42. The smallest absolute Gasteiger partial charge is 0.256 e. The minimum Gasteiger partial charge on any atom is -0.454 e. The Morgan fingerprint density at radius 1 is 1.30 bits per heavy atom. The first-order valence-corrected chi connectivity index (χ1v) is 8.56. The summed E-state index contributed by atoms with van der Waals surface area (Å²) in [5.41, 5.74) is 9.53. The summed E-state index contributed by atoms with van der Waals surface area (Å²) in [6.07, 6.45) is 3.64. The highest BCUT2D eigenvalue weighted by molar-refractivity contribution is 9.09. The van der Waals surface area contributed by atoms with E-state index in [0.717, 1.165) is 35.5 Å². The summed E-state index contributed by atoms with van der Waals surface area (Å²) >= 11 is 3.65. The Hall–Kier alpha value is -1.95. The summed E-state index contributed by atoms with van der Waals surface area (Å²) in [4.78, 5) is 14.9. The topological polar surface area (TPSA) is 64.8 Å². The van der Waals surface area contributed by atoms with E-state index >= 15 is 0 Å². The SMILES string of the molecule is NC1=CCC(Br)C2=C1C(=O)N(Cc1ccc3c(c1)OCO3)CC2. The lowest BCUT2D eigenvalue weighted by molar-refractivity contribution is -0.128. The van der Waals surface area contributed by atoms with E-state index in [1.165, 1.54) is 0 Å². The quantitative estimate of drug-likeness (QED) is 0.805. The molecule has 1 amide bonds. The summed E-state index contributed by atoms with van der Waals surface area (Å²) < 4.78 is 10.7. The molecule has 0 spiro atoms. The Bertz CT molecular complexity index is 741. The van der Waals surface area contributed by atoms with Crippen LogP contribution in [0.3, 0.4) is 0 Å². The minimum atomic E-state index is 0.0156. The molecule has 1 atom stereocenters. The largest absolute Gasteiger partial charge is 0.454 e. The van der Waals surface area contributed by atoms with Crippen molar-refractivity contribution in [3.8, 4) is 11.5 Å². The third kappa shape index (κ3) is 2.51. The second-order valence-electron chi connectivity index (χ2n) is 5.93. The summed E-state index contributed by atoms with van der Waals surface area (Å²) in [5.74, 6) is 1.51. The fraction of sp³-hybridized carbons (Fsp3) is 0.353. The molecule has 1 unspecified atom stereocenters. The van der Waals surface area contributed by atoms with Crippen molar-refractivity contribution in [3.63, 3.8) is 0 Å². The highest BCUT2D eigenvalue weighted by Gasteiger charge is 2.33. The molecule has 2 N–H and O–H groups in total. The Labute approximate surface area is 142 Å². The van der Waals surface area contributed by atoms with Gasteiger partial charge in [-0.2, -0.15) is 0 Å². The Morgan fingerprint density at radius 3 is 3.00 bits per heavy atom. The number of nitrogens with zero attached hydrogens (tertiary/aromatic N) is 1. The summed E-state index contributed by atoms with van der Waals surface area (Å²) in [7, 11) is 0. The average Bonchev–Trinajstić information content (AvgIpc) is 3.01. The third-order valence-electron chi connectivity index (χ3n) is 4.50. The van der Waals surface area contributed by atoms with Crippen LogP contribution in [-0.2, 0) is 11.3 Å². The van der Waals surface area contributed by atoms with Gasteiger partial charge in [0.2, 0.25) is 6.79 Å². The van der Waals surface area contributed by atoms with Crippen LogP contribution < -0.4 is 15.2 Å². The second-order valence-corrected chi connectivity index (χ2v) is 7.03. The molecule has 0 saturated heterocycles. The second kappa shape index (κ2) is 5.60. The van der Waals surface area contributed by atoms with Gasteiger partial charge in [0, 0.05) is 23.6 Å². The standard InChI is InChI=1S/C17H17BrN2O3/c18-12-2-3-13(19)16-11(12)5-6-20(17(16)21)8-10-1-4-14-15(7-10)23-9-22-14/h1,3-4,7,12H,2,5-6,8-9,19H2. The zero-order valence-electron chi connectivity index (χ0n) is 12.5. The number of halogens is 1. The van der Waals surface area contributed by atoms with Crippen molar-refractivity contribution in [2.75, 3.05) is 13.3 Å². The van der Waals surface area contributed by atoms with Crippen molar-refractivity contribution < 1.29 is 14.3 Å². The number of carbonyl (C=O) groups excluding carboxylic acids is 1. The van der Waals surface area contributed by atoms with Crippen molar-refractivity contribution in [1.82, 2.24) is 4.90 Å². The average molecular weight is 377 g/mol. The molecule has 3 aliphatic rings. The summed E-state index contributed by atoms with van der Waals surface area (Å²) in [5, 5.41) is 0. The van der Waals surface area contributed by atoms with E-state index in [0.29, 0.717) is 24.4 Å². The van der Waals surface area contributed by atoms with Gasteiger partial charge < -0.3 is 20.1 Å². The van der Waals surface area contributed by atoms with Crippen LogP contribution in [0.4, 0.5) is 0 Å². The maximum atomic E-state index is 12.8. The number of ether oxygens (including phenoxy) is 2. The first-order chi connectivity index (χ1) is 11.1. The van der Waals surface area contributed by atoms with Crippen molar-refractivity contribution in [1.29, 1.82) is 0 Å². The molecule has 23 heavy (non-hydrogen) atoms. The lowest BCUT2D eigenvalue weighted by atomic mass is 9.89. The van der Waals surface area contributed by atoms with Crippen LogP contribution in [0.15, 0.2) is 41.1 Å². The van der Waals surface area contributed by atoms with Crippen molar-refractivity contribution in [2.45, 2.75) is 24.2 Å². The molecule has 120 valence electrons. The Morgan fingerprint density at radius 2 is 2.13 bits per heavy atom. The lowest BCUT2D eigenvalue weighted by Gasteiger charge is -2.34. The molecule has 6 heteroatoms. The van der Waals surface area contributed by atoms with Gasteiger partial charge in [-0.1, -0.05) is 28.1 Å². The van der Waals surface area contributed by atoms with Gasteiger partial charge in [-0.15, -0.1) is 0 Å². The maximum Gasteiger partial charge on any atom is 0.256 e. The van der Waals surface area contributed by atoms with Gasteiger partial charge in [0.05, 0.1) is 5.57 Å². The predicted octanol–water partition coefficient (Wildman–Crippen LogP) is 2.45. The molecule has 5 nitrogen and oxygen atoms in total. The highest BCUT2D eigenvalue weighted by atomic mass is 79.9. The summed E-state index contributed by atoms with van der Waals surface area (Å²) in [6, 6.07) is 5.80. The zero-order valence-corrected chi connectivity index (χ0v) is 14.1. The molecule has 2 aliphatic heterocycles. The highest BCUT2D eigenvalue weighted by Crippen LogP contribution is 2.36. The Kier molecular flexibility index (Phi) is 3.56. The van der Waals surface area contributed by atoms with Crippen LogP contribution in [0, 0.1) is 0 Å². The number of rotatable bonds is 2.